The van der Waals surface area contributed by atoms with Crippen molar-refractivity contribution in [3.63, 3.8) is 0 Å². The van der Waals surface area contributed by atoms with Gasteiger partial charge in [0.15, 0.2) is 5.13 Å². The molecule has 5 nitrogen and oxygen atoms in total. The maximum absolute atomic E-state index is 11.8. The molecule has 0 atom stereocenters. The van der Waals surface area contributed by atoms with Crippen LogP contribution in [0.5, 0.6) is 0 Å². The Labute approximate surface area is 114 Å². The van der Waals surface area contributed by atoms with E-state index in [2.05, 4.69) is 16.4 Å². The lowest BCUT2D eigenvalue weighted by Crippen LogP contribution is -2.45. The first-order valence-electron chi connectivity index (χ1n) is 5.70. The van der Waals surface area contributed by atoms with Crippen molar-refractivity contribution < 1.29 is 4.79 Å². The molecule has 0 aromatic carbocycles. The maximum Gasteiger partial charge on any atom is 0.231 e. The van der Waals surface area contributed by atoms with Gasteiger partial charge in [0.25, 0.3) is 0 Å². The summed E-state index contributed by atoms with van der Waals surface area (Å²) in [5.41, 5.74) is 4.88. The number of nitrogens with zero attached hydrogens (tertiary/aromatic N) is 2. The fourth-order valence-electron chi connectivity index (χ4n) is 2.02. The molecule has 1 saturated carbocycles. The van der Waals surface area contributed by atoms with Crippen molar-refractivity contribution >= 4 is 34.1 Å². The maximum atomic E-state index is 11.8. The van der Waals surface area contributed by atoms with E-state index < -0.39 is 5.54 Å². The Morgan fingerprint density at radius 1 is 1.67 bits per heavy atom. The second-order valence-corrected chi connectivity index (χ2v) is 6.59. The Kier molecular flexibility index (Phi) is 4.09. The van der Waals surface area contributed by atoms with Crippen LogP contribution in [0.4, 0.5) is 5.13 Å². The molecule has 0 saturated heterocycles. The summed E-state index contributed by atoms with van der Waals surface area (Å²) in [6, 6.07) is 2.24. The quantitative estimate of drug-likeness (QED) is 0.821. The molecular weight excluding hydrogens is 268 g/mol. The van der Waals surface area contributed by atoms with Crippen LogP contribution in [0.2, 0.25) is 0 Å². The number of hydrogen-bond acceptors (Lipinski definition) is 6. The number of thiazole rings is 1. The number of carbonyl (C=O) groups excluding carboxylic acids is 1. The first-order chi connectivity index (χ1) is 8.63. The molecule has 1 aromatic rings. The van der Waals surface area contributed by atoms with E-state index in [1.54, 1.807) is 6.20 Å². The topological polar surface area (TPSA) is 91.8 Å². The van der Waals surface area contributed by atoms with Crippen LogP contribution >= 0.6 is 23.1 Å². The zero-order valence-electron chi connectivity index (χ0n) is 9.81. The highest BCUT2D eigenvalue weighted by molar-refractivity contribution is 8.01. The summed E-state index contributed by atoms with van der Waals surface area (Å²) in [5.74, 6) is 0.195. The number of rotatable bonds is 4. The van der Waals surface area contributed by atoms with Gasteiger partial charge in [0.05, 0.1) is 22.2 Å². The van der Waals surface area contributed by atoms with Crippen LogP contribution in [0.15, 0.2) is 10.4 Å². The van der Waals surface area contributed by atoms with E-state index in [0.717, 1.165) is 29.9 Å². The normalized spacial score (nSPS) is 17.3. The molecule has 1 heterocycles. The van der Waals surface area contributed by atoms with Crippen molar-refractivity contribution in [3.05, 3.63) is 6.20 Å². The van der Waals surface area contributed by atoms with Crippen LogP contribution in [0.25, 0.3) is 0 Å². The van der Waals surface area contributed by atoms with E-state index in [9.17, 15) is 4.79 Å². The number of nitriles is 1. The summed E-state index contributed by atoms with van der Waals surface area (Å²) in [4.78, 5) is 15.7. The highest BCUT2D eigenvalue weighted by Gasteiger charge is 2.35. The van der Waals surface area contributed by atoms with Crippen LogP contribution in [0.3, 0.4) is 0 Å². The molecule has 2 rings (SSSR count). The van der Waals surface area contributed by atoms with E-state index in [1.807, 2.05) is 0 Å². The number of anilines is 1. The first kappa shape index (κ1) is 13.2. The first-order valence-corrected chi connectivity index (χ1v) is 7.50. The monoisotopic (exact) mass is 282 g/mol. The predicted octanol–water partition coefficient (Wildman–Crippen LogP) is 1.77. The molecule has 1 fully saturated rings. The summed E-state index contributed by atoms with van der Waals surface area (Å²) in [7, 11) is 0. The molecular formula is C11H14N4OS2. The van der Waals surface area contributed by atoms with Crippen molar-refractivity contribution in [1.29, 1.82) is 5.26 Å². The lowest BCUT2D eigenvalue weighted by atomic mass is 10.0. The second-order valence-electron chi connectivity index (χ2n) is 4.26. The van der Waals surface area contributed by atoms with Gasteiger partial charge in [0.1, 0.15) is 5.54 Å². The third-order valence-corrected chi connectivity index (χ3v) is 4.92. The van der Waals surface area contributed by atoms with Crippen LogP contribution in [0, 0.1) is 11.3 Å². The van der Waals surface area contributed by atoms with Gasteiger partial charge in [-0.2, -0.15) is 5.26 Å². The lowest BCUT2D eigenvalue weighted by molar-refractivity contribution is -0.119. The van der Waals surface area contributed by atoms with E-state index in [1.165, 1.54) is 23.1 Å². The van der Waals surface area contributed by atoms with Gasteiger partial charge in [-0.3, -0.25) is 4.79 Å². The fraction of sp³-hybridized carbons (Fsp3) is 0.545. The average molecular weight is 282 g/mol. The standard InChI is InChI=1S/C11H14N4OS2/c12-7-11(3-1-2-4-11)15-8(16)6-17-9-5-14-10(13)18-9/h5H,1-4,6H2,(H2,13,14)(H,15,16). The SMILES string of the molecule is N#CC1(NC(=O)CSc2cnc(N)s2)CCCC1. The molecule has 1 amide bonds. The van der Waals surface area contributed by atoms with Gasteiger partial charge in [0, 0.05) is 0 Å². The van der Waals surface area contributed by atoms with E-state index in [0.29, 0.717) is 10.9 Å². The minimum atomic E-state index is -0.635. The van der Waals surface area contributed by atoms with Crippen LogP contribution in [0.1, 0.15) is 25.7 Å². The number of nitrogen functional groups attached to an aromatic ring is 1. The van der Waals surface area contributed by atoms with Crippen LogP contribution < -0.4 is 11.1 Å². The molecule has 0 unspecified atom stereocenters. The summed E-state index contributed by atoms with van der Waals surface area (Å²) in [5, 5.41) is 12.5. The summed E-state index contributed by atoms with van der Waals surface area (Å²) in [6.45, 7) is 0. The molecule has 0 radical (unpaired) electrons. The van der Waals surface area contributed by atoms with Gasteiger partial charge in [0.2, 0.25) is 5.91 Å². The Bertz CT molecular complexity index is 474. The second kappa shape index (κ2) is 5.59. The molecule has 7 heteroatoms. The van der Waals surface area contributed by atoms with Crippen molar-refractivity contribution in [2.45, 2.75) is 35.4 Å². The minimum absolute atomic E-state index is 0.101. The molecule has 0 bridgehead atoms. The Morgan fingerprint density at radius 2 is 2.39 bits per heavy atom. The molecule has 96 valence electrons. The Morgan fingerprint density at radius 3 is 2.94 bits per heavy atom. The number of carbonyl (C=O) groups is 1. The Balaban J connectivity index is 1.83. The van der Waals surface area contributed by atoms with E-state index >= 15 is 0 Å². The summed E-state index contributed by atoms with van der Waals surface area (Å²) >= 11 is 2.76. The third-order valence-electron chi connectivity index (χ3n) is 2.90. The van der Waals surface area contributed by atoms with Crippen LogP contribution in [-0.2, 0) is 4.79 Å². The predicted molar refractivity (Wildman–Crippen MR) is 72.2 cm³/mol. The highest BCUT2D eigenvalue weighted by Crippen LogP contribution is 2.30. The minimum Gasteiger partial charge on any atom is -0.375 e. The molecule has 18 heavy (non-hydrogen) atoms. The zero-order chi connectivity index (χ0) is 13.0. The van der Waals surface area contributed by atoms with Gasteiger partial charge < -0.3 is 11.1 Å². The van der Waals surface area contributed by atoms with E-state index in [-0.39, 0.29) is 5.91 Å². The number of nitrogens with one attached hydrogen (secondary N) is 1. The van der Waals surface area contributed by atoms with Crippen molar-refractivity contribution in [3.8, 4) is 6.07 Å². The zero-order valence-corrected chi connectivity index (χ0v) is 11.4. The number of hydrogen-bond donors (Lipinski definition) is 2. The van der Waals surface area contributed by atoms with E-state index in [4.69, 9.17) is 11.0 Å². The molecule has 3 N–H and O–H groups in total. The van der Waals surface area contributed by atoms with Crippen LogP contribution in [-0.4, -0.2) is 22.2 Å². The number of amides is 1. The largest absolute Gasteiger partial charge is 0.375 e. The molecule has 1 aliphatic carbocycles. The molecule has 0 spiro atoms. The number of thioether (sulfide) groups is 1. The molecule has 0 aliphatic heterocycles. The molecule has 1 aliphatic rings. The number of nitrogens with two attached hydrogens (primary N) is 1. The molecule has 1 aromatic heterocycles. The Hall–Kier alpha value is -1.26. The van der Waals surface area contributed by atoms with Gasteiger partial charge in [-0.1, -0.05) is 11.3 Å². The average Bonchev–Trinajstić information content (AvgIpc) is 2.97. The van der Waals surface area contributed by atoms with Gasteiger partial charge in [-0.25, -0.2) is 4.98 Å². The summed E-state index contributed by atoms with van der Waals surface area (Å²) in [6.07, 6.45) is 5.19. The number of aromatic nitrogens is 1. The lowest BCUT2D eigenvalue weighted by Gasteiger charge is -2.21. The van der Waals surface area contributed by atoms with Crippen molar-refractivity contribution in [2.24, 2.45) is 0 Å². The van der Waals surface area contributed by atoms with Gasteiger partial charge in [-0.05, 0) is 25.7 Å². The van der Waals surface area contributed by atoms with Crippen molar-refractivity contribution in [2.75, 3.05) is 11.5 Å². The highest BCUT2D eigenvalue weighted by atomic mass is 32.2. The third kappa shape index (κ3) is 3.15. The van der Waals surface area contributed by atoms with Crippen molar-refractivity contribution in [1.82, 2.24) is 10.3 Å². The van der Waals surface area contributed by atoms with Gasteiger partial charge in [-0.15, -0.1) is 11.8 Å². The summed E-state index contributed by atoms with van der Waals surface area (Å²) < 4.78 is 0.917. The van der Waals surface area contributed by atoms with Gasteiger partial charge >= 0.3 is 0 Å². The fourth-order valence-corrected chi connectivity index (χ4v) is 3.58. The smallest absolute Gasteiger partial charge is 0.231 e.